The molecule has 1 aromatic rings. The highest BCUT2D eigenvalue weighted by Crippen LogP contribution is 2.23. The summed E-state index contributed by atoms with van der Waals surface area (Å²) in [5, 5.41) is 12.9. The average molecular weight is 235 g/mol. The smallest absolute Gasteiger partial charge is 0.0601 e. The Morgan fingerprint density at radius 3 is 2.65 bits per heavy atom. The Morgan fingerprint density at radius 1 is 1.35 bits per heavy atom. The van der Waals surface area contributed by atoms with Crippen molar-refractivity contribution in [2.75, 3.05) is 13.7 Å². The van der Waals surface area contributed by atoms with Crippen LogP contribution in [0, 0.1) is 0 Å². The number of hydrogen-bond acceptors (Lipinski definition) is 3. The van der Waals surface area contributed by atoms with Crippen molar-refractivity contribution in [1.82, 2.24) is 5.32 Å². The molecule has 0 unspecified atom stereocenters. The fourth-order valence-electron chi connectivity index (χ4n) is 2.30. The number of ether oxygens (including phenoxy) is 1. The van der Waals surface area contributed by atoms with Crippen LogP contribution in [0.15, 0.2) is 30.3 Å². The number of hydrogen-bond donors (Lipinski definition) is 2. The zero-order valence-electron chi connectivity index (χ0n) is 10.3. The molecule has 1 aliphatic carbocycles. The molecule has 3 heteroatoms. The molecule has 1 fully saturated rings. The monoisotopic (exact) mass is 235 g/mol. The van der Waals surface area contributed by atoms with Crippen molar-refractivity contribution < 1.29 is 9.84 Å². The Bertz CT molecular complexity index is 322. The van der Waals surface area contributed by atoms with E-state index in [2.05, 4.69) is 17.4 Å². The Morgan fingerprint density at radius 2 is 2.06 bits per heavy atom. The maximum atomic E-state index is 9.39. The second kappa shape index (κ2) is 6.15. The highest BCUT2D eigenvalue weighted by atomic mass is 16.5. The van der Waals surface area contributed by atoms with Gasteiger partial charge in [-0.05, 0) is 24.8 Å². The summed E-state index contributed by atoms with van der Waals surface area (Å²) in [5.41, 5.74) is 1.27. The average Bonchev–Trinajstić information content (AvgIpc) is 2.33. The lowest BCUT2D eigenvalue weighted by Crippen LogP contribution is -2.50. The summed E-state index contributed by atoms with van der Waals surface area (Å²) in [6.07, 6.45) is 3.40. The first-order valence-electron chi connectivity index (χ1n) is 6.25. The fourth-order valence-corrected chi connectivity index (χ4v) is 2.30. The molecule has 1 saturated carbocycles. The van der Waals surface area contributed by atoms with Crippen molar-refractivity contribution in [3.8, 4) is 0 Å². The van der Waals surface area contributed by atoms with Crippen molar-refractivity contribution in [2.24, 2.45) is 0 Å². The van der Waals surface area contributed by atoms with Gasteiger partial charge in [0.25, 0.3) is 0 Å². The van der Waals surface area contributed by atoms with Gasteiger partial charge in [0.15, 0.2) is 0 Å². The van der Waals surface area contributed by atoms with E-state index in [9.17, 15) is 5.11 Å². The number of benzene rings is 1. The van der Waals surface area contributed by atoms with Gasteiger partial charge in [-0.2, -0.15) is 0 Å². The molecule has 3 nitrogen and oxygen atoms in total. The zero-order chi connectivity index (χ0) is 12.1. The van der Waals surface area contributed by atoms with E-state index in [-0.39, 0.29) is 12.6 Å². The molecule has 1 aromatic carbocycles. The Balaban J connectivity index is 1.78. The first-order valence-corrected chi connectivity index (χ1v) is 6.25. The second-order valence-electron chi connectivity index (χ2n) is 4.76. The number of nitrogens with one attached hydrogen (secondary N) is 1. The molecule has 2 rings (SSSR count). The van der Waals surface area contributed by atoms with Gasteiger partial charge in [0.2, 0.25) is 0 Å². The quantitative estimate of drug-likeness (QED) is 0.782. The van der Waals surface area contributed by atoms with Gasteiger partial charge in [-0.15, -0.1) is 0 Å². The largest absolute Gasteiger partial charge is 0.395 e. The van der Waals surface area contributed by atoms with E-state index in [4.69, 9.17) is 4.74 Å². The van der Waals surface area contributed by atoms with Gasteiger partial charge in [-0.25, -0.2) is 0 Å². The molecule has 0 radical (unpaired) electrons. The topological polar surface area (TPSA) is 41.5 Å². The molecule has 0 heterocycles. The van der Waals surface area contributed by atoms with Crippen LogP contribution in [-0.4, -0.2) is 37.0 Å². The van der Waals surface area contributed by atoms with E-state index in [1.165, 1.54) is 5.56 Å². The van der Waals surface area contributed by atoms with Crippen LogP contribution in [0.1, 0.15) is 18.4 Å². The van der Waals surface area contributed by atoms with Gasteiger partial charge >= 0.3 is 0 Å². The van der Waals surface area contributed by atoms with E-state index in [1.54, 1.807) is 7.11 Å². The van der Waals surface area contributed by atoms with Gasteiger partial charge in [0.1, 0.15) is 0 Å². The van der Waals surface area contributed by atoms with E-state index in [0.29, 0.717) is 12.1 Å². The summed E-state index contributed by atoms with van der Waals surface area (Å²) < 4.78 is 5.25. The van der Waals surface area contributed by atoms with Crippen molar-refractivity contribution in [2.45, 2.75) is 37.5 Å². The molecule has 0 amide bonds. The molecule has 0 saturated heterocycles. The molecule has 1 atom stereocenters. The third-order valence-electron chi connectivity index (χ3n) is 3.44. The van der Waals surface area contributed by atoms with Crippen molar-refractivity contribution in [3.05, 3.63) is 35.9 Å². The molecule has 0 bridgehead atoms. The molecular weight excluding hydrogens is 214 g/mol. The lowest BCUT2D eigenvalue weighted by molar-refractivity contribution is 0.0118. The van der Waals surface area contributed by atoms with E-state index in [1.807, 2.05) is 18.2 Å². The first-order chi connectivity index (χ1) is 8.31. The zero-order valence-corrected chi connectivity index (χ0v) is 10.3. The number of methoxy groups -OCH3 is 1. The minimum absolute atomic E-state index is 0.153. The van der Waals surface area contributed by atoms with Gasteiger partial charge in [0, 0.05) is 19.2 Å². The first kappa shape index (κ1) is 12.6. The molecular formula is C14H21NO2. The normalized spacial score (nSPS) is 25.3. The van der Waals surface area contributed by atoms with Gasteiger partial charge in [0.05, 0.1) is 12.7 Å². The minimum atomic E-state index is 0.153. The lowest BCUT2D eigenvalue weighted by Gasteiger charge is -2.37. The SMILES string of the molecule is COC1CC(N[C@H](CO)Cc2ccccc2)C1. The summed E-state index contributed by atoms with van der Waals surface area (Å²) >= 11 is 0. The molecule has 0 aromatic heterocycles. The Labute approximate surface area is 103 Å². The standard InChI is InChI=1S/C14H21NO2/c1-17-14-8-12(9-14)15-13(10-16)7-11-5-3-2-4-6-11/h2-6,12-16H,7-10H2,1H3/t12?,13-,14?/m0/s1. The van der Waals surface area contributed by atoms with Crippen LogP contribution in [0.2, 0.25) is 0 Å². The molecule has 0 aliphatic heterocycles. The maximum Gasteiger partial charge on any atom is 0.0601 e. The number of rotatable bonds is 6. The van der Waals surface area contributed by atoms with Crippen LogP contribution in [0.25, 0.3) is 0 Å². The summed E-state index contributed by atoms with van der Waals surface area (Å²) in [6.45, 7) is 0.184. The predicted octanol–water partition coefficient (Wildman–Crippen LogP) is 1.36. The number of aliphatic hydroxyl groups excluding tert-OH is 1. The van der Waals surface area contributed by atoms with Crippen LogP contribution in [0.4, 0.5) is 0 Å². The van der Waals surface area contributed by atoms with E-state index >= 15 is 0 Å². The van der Waals surface area contributed by atoms with Crippen LogP contribution >= 0.6 is 0 Å². The molecule has 17 heavy (non-hydrogen) atoms. The summed E-state index contributed by atoms with van der Waals surface area (Å²) in [4.78, 5) is 0. The molecule has 0 spiro atoms. The third kappa shape index (κ3) is 3.53. The second-order valence-corrected chi connectivity index (χ2v) is 4.76. The van der Waals surface area contributed by atoms with Crippen molar-refractivity contribution in [3.63, 3.8) is 0 Å². The van der Waals surface area contributed by atoms with E-state index < -0.39 is 0 Å². The van der Waals surface area contributed by atoms with Gasteiger partial charge in [-0.1, -0.05) is 30.3 Å². The third-order valence-corrected chi connectivity index (χ3v) is 3.44. The highest BCUT2D eigenvalue weighted by molar-refractivity contribution is 5.16. The van der Waals surface area contributed by atoms with Crippen LogP contribution in [-0.2, 0) is 11.2 Å². The lowest BCUT2D eigenvalue weighted by atomic mass is 9.88. The summed E-state index contributed by atoms with van der Waals surface area (Å²) in [6, 6.07) is 10.9. The van der Waals surface area contributed by atoms with Gasteiger partial charge in [-0.3, -0.25) is 0 Å². The Kier molecular flexibility index (Phi) is 4.54. The van der Waals surface area contributed by atoms with Crippen molar-refractivity contribution in [1.29, 1.82) is 0 Å². The maximum absolute atomic E-state index is 9.39. The Hall–Kier alpha value is -0.900. The summed E-state index contributed by atoms with van der Waals surface area (Å²) in [5.74, 6) is 0. The van der Waals surface area contributed by atoms with E-state index in [0.717, 1.165) is 19.3 Å². The van der Waals surface area contributed by atoms with Crippen molar-refractivity contribution >= 4 is 0 Å². The summed E-state index contributed by atoms with van der Waals surface area (Å²) in [7, 11) is 1.76. The molecule has 2 N–H and O–H groups in total. The predicted molar refractivity (Wildman–Crippen MR) is 68.0 cm³/mol. The van der Waals surface area contributed by atoms with Crippen LogP contribution in [0.3, 0.4) is 0 Å². The minimum Gasteiger partial charge on any atom is -0.395 e. The fraction of sp³-hybridized carbons (Fsp3) is 0.571. The highest BCUT2D eigenvalue weighted by Gasteiger charge is 2.30. The molecule has 1 aliphatic rings. The van der Waals surface area contributed by atoms with Crippen LogP contribution in [0.5, 0.6) is 0 Å². The number of aliphatic hydroxyl groups is 1. The van der Waals surface area contributed by atoms with Gasteiger partial charge < -0.3 is 15.2 Å². The van der Waals surface area contributed by atoms with Crippen LogP contribution < -0.4 is 5.32 Å². The molecule has 94 valence electrons.